The molecule has 1 aromatic rings. The number of hydrogen-bond donors (Lipinski definition) is 3. The van der Waals surface area contributed by atoms with Crippen molar-refractivity contribution >= 4 is 17.9 Å². The number of hydrogen-bond acceptors (Lipinski definition) is 5. The minimum atomic E-state index is -0.928. The van der Waals surface area contributed by atoms with Crippen LogP contribution in [-0.2, 0) is 22.6 Å². The molecule has 0 aliphatic carbocycles. The third-order valence-corrected chi connectivity index (χ3v) is 2.16. The van der Waals surface area contributed by atoms with Crippen LogP contribution in [0.5, 0.6) is 0 Å². The average molecular weight is 283 g/mol. The van der Waals surface area contributed by atoms with E-state index >= 15 is 0 Å². The number of rotatable bonds is 6. The lowest BCUT2D eigenvalue weighted by Crippen LogP contribution is -2.43. The molecule has 110 valence electrons. The summed E-state index contributed by atoms with van der Waals surface area (Å²) in [6, 6.07) is -0.645. The van der Waals surface area contributed by atoms with Crippen LogP contribution in [0.4, 0.5) is 4.79 Å². The van der Waals surface area contributed by atoms with Gasteiger partial charge in [0.2, 0.25) is 5.91 Å². The van der Waals surface area contributed by atoms with Crippen LogP contribution in [0.1, 0.15) is 26.0 Å². The second-order valence-corrected chi connectivity index (χ2v) is 4.48. The Labute approximate surface area is 115 Å². The zero-order valence-corrected chi connectivity index (χ0v) is 11.3. The molecule has 0 bridgehead atoms. The van der Waals surface area contributed by atoms with Gasteiger partial charge in [0, 0.05) is 18.7 Å². The summed E-state index contributed by atoms with van der Waals surface area (Å²) >= 11 is 0. The van der Waals surface area contributed by atoms with E-state index in [-0.39, 0.29) is 25.4 Å². The zero-order chi connectivity index (χ0) is 15.1. The molecular formula is C11H17N5O4. The van der Waals surface area contributed by atoms with Gasteiger partial charge in [-0.15, -0.1) is 5.10 Å². The van der Waals surface area contributed by atoms with Crippen molar-refractivity contribution in [3.63, 3.8) is 0 Å². The van der Waals surface area contributed by atoms with Crippen LogP contribution in [0.2, 0.25) is 0 Å². The van der Waals surface area contributed by atoms with Crippen molar-refractivity contribution in [1.82, 2.24) is 25.6 Å². The molecule has 0 aliphatic rings. The number of imide groups is 1. The first-order valence-electron chi connectivity index (χ1n) is 6.08. The number of carboxylic acid groups (broad SMARTS) is 1. The van der Waals surface area contributed by atoms with Gasteiger partial charge in [0.15, 0.2) is 0 Å². The first-order chi connectivity index (χ1) is 9.36. The SMILES string of the molecule is CC(C)NC(=O)NC(=O)Cn1cc(CCC(=O)O)nn1. The van der Waals surface area contributed by atoms with Gasteiger partial charge in [0.1, 0.15) is 6.54 Å². The van der Waals surface area contributed by atoms with E-state index in [1.165, 1.54) is 10.9 Å². The van der Waals surface area contributed by atoms with E-state index in [4.69, 9.17) is 5.11 Å². The number of aromatic nitrogens is 3. The number of aliphatic carboxylic acids is 1. The molecule has 0 saturated carbocycles. The summed E-state index contributed by atoms with van der Waals surface area (Å²) < 4.78 is 1.25. The van der Waals surface area contributed by atoms with Gasteiger partial charge >= 0.3 is 12.0 Å². The number of carbonyl (C=O) groups is 3. The van der Waals surface area contributed by atoms with Gasteiger partial charge in [-0.3, -0.25) is 14.9 Å². The zero-order valence-electron chi connectivity index (χ0n) is 11.3. The monoisotopic (exact) mass is 283 g/mol. The van der Waals surface area contributed by atoms with Crippen LogP contribution in [0.15, 0.2) is 6.20 Å². The number of urea groups is 1. The predicted octanol–water partition coefficient (Wildman–Crippen LogP) is -0.470. The number of carboxylic acids is 1. The Kier molecular flexibility index (Phi) is 5.63. The maximum Gasteiger partial charge on any atom is 0.321 e. The Bertz CT molecular complexity index is 497. The lowest BCUT2D eigenvalue weighted by atomic mass is 10.2. The Morgan fingerprint density at radius 1 is 1.40 bits per heavy atom. The molecule has 1 heterocycles. The third-order valence-electron chi connectivity index (χ3n) is 2.16. The van der Waals surface area contributed by atoms with E-state index in [2.05, 4.69) is 20.9 Å². The van der Waals surface area contributed by atoms with E-state index in [0.29, 0.717) is 5.69 Å². The van der Waals surface area contributed by atoms with Gasteiger partial charge in [-0.25, -0.2) is 9.48 Å². The lowest BCUT2D eigenvalue weighted by molar-refractivity contribution is -0.137. The predicted molar refractivity (Wildman–Crippen MR) is 67.8 cm³/mol. The van der Waals surface area contributed by atoms with E-state index in [1.54, 1.807) is 13.8 Å². The highest BCUT2D eigenvalue weighted by atomic mass is 16.4. The first-order valence-corrected chi connectivity index (χ1v) is 6.08. The molecule has 9 heteroatoms. The van der Waals surface area contributed by atoms with E-state index in [0.717, 1.165) is 0 Å². The lowest BCUT2D eigenvalue weighted by Gasteiger charge is -2.08. The number of carbonyl (C=O) groups excluding carboxylic acids is 2. The fourth-order valence-corrected chi connectivity index (χ4v) is 1.38. The van der Waals surface area contributed by atoms with Crippen molar-refractivity contribution < 1.29 is 19.5 Å². The second-order valence-electron chi connectivity index (χ2n) is 4.48. The van der Waals surface area contributed by atoms with Gasteiger partial charge in [-0.05, 0) is 13.8 Å². The van der Waals surface area contributed by atoms with E-state index < -0.39 is 17.9 Å². The molecule has 0 fully saturated rings. The minimum absolute atomic E-state index is 0.0539. The summed E-state index contributed by atoms with van der Waals surface area (Å²) in [5.41, 5.74) is 0.479. The number of nitrogens with one attached hydrogen (secondary N) is 2. The molecule has 0 atom stereocenters. The molecule has 1 aromatic heterocycles. The molecule has 1 rings (SSSR count). The summed E-state index contributed by atoms with van der Waals surface area (Å²) in [4.78, 5) is 33.2. The molecule has 20 heavy (non-hydrogen) atoms. The summed E-state index contributed by atoms with van der Waals surface area (Å²) in [6.07, 6.45) is 1.66. The minimum Gasteiger partial charge on any atom is -0.481 e. The maximum atomic E-state index is 11.5. The van der Waals surface area contributed by atoms with Gasteiger partial charge in [0.25, 0.3) is 0 Å². The van der Waals surface area contributed by atoms with E-state index in [9.17, 15) is 14.4 Å². The van der Waals surface area contributed by atoms with Gasteiger partial charge in [0.05, 0.1) is 12.1 Å². The first kappa shape index (κ1) is 15.6. The van der Waals surface area contributed by atoms with Gasteiger partial charge < -0.3 is 10.4 Å². The number of nitrogens with zero attached hydrogens (tertiary/aromatic N) is 3. The maximum absolute atomic E-state index is 11.5. The Morgan fingerprint density at radius 3 is 2.70 bits per heavy atom. The highest BCUT2D eigenvalue weighted by Crippen LogP contribution is 1.98. The molecule has 0 unspecified atom stereocenters. The van der Waals surface area contributed by atoms with Crippen molar-refractivity contribution in [1.29, 1.82) is 0 Å². The molecule has 0 aromatic carbocycles. The topological polar surface area (TPSA) is 126 Å². The molecule has 0 aliphatic heterocycles. The summed E-state index contributed by atoms with van der Waals surface area (Å²) in [7, 11) is 0. The standard InChI is InChI=1S/C11H17N5O4/c1-7(2)12-11(20)13-9(17)6-16-5-8(14-15-16)3-4-10(18)19/h5,7H,3-4,6H2,1-2H3,(H,18,19)(H2,12,13,17,20). The normalized spacial score (nSPS) is 10.3. The van der Waals surface area contributed by atoms with Crippen molar-refractivity contribution in [3.05, 3.63) is 11.9 Å². The van der Waals surface area contributed by atoms with Crippen LogP contribution in [0.25, 0.3) is 0 Å². The summed E-state index contributed by atoms with van der Waals surface area (Å²) in [5.74, 6) is -1.46. The van der Waals surface area contributed by atoms with Gasteiger partial charge in [-0.1, -0.05) is 5.21 Å². The molecule has 3 amide bonds. The Balaban J connectivity index is 2.42. The summed E-state index contributed by atoms with van der Waals surface area (Å²) in [5, 5.41) is 20.6. The Hall–Kier alpha value is -2.45. The molecular weight excluding hydrogens is 266 g/mol. The third kappa shape index (κ3) is 5.94. The van der Waals surface area contributed by atoms with Crippen LogP contribution >= 0.6 is 0 Å². The summed E-state index contributed by atoms with van der Waals surface area (Å²) in [6.45, 7) is 3.39. The van der Waals surface area contributed by atoms with Crippen LogP contribution in [-0.4, -0.2) is 44.0 Å². The average Bonchev–Trinajstić information content (AvgIpc) is 2.72. The van der Waals surface area contributed by atoms with Crippen molar-refractivity contribution in [2.75, 3.05) is 0 Å². The molecule has 0 saturated heterocycles. The Morgan fingerprint density at radius 2 is 2.10 bits per heavy atom. The molecule has 0 spiro atoms. The van der Waals surface area contributed by atoms with E-state index in [1.807, 2.05) is 0 Å². The highest BCUT2D eigenvalue weighted by Gasteiger charge is 2.11. The van der Waals surface area contributed by atoms with Crippen molar-refractivity contribution in [2.24, 2.45) is 0 Å². The molecule has 9 nitrogen and oxygen atoms in total. The van der Waals surface area contributed by atoms with Gasteiger partial charge in [-0.2, -0.15) is 0 Å². The largest absolute Gasteiger partial charge is 0.481 e. The van der Waals surface area contributed by atoms with Crippen molar-refractivity contribution in [2.45, 2.75) is 39.3 Å². The molecule has 3 N–H and O–H groups in total. The smallest absolute Gasteiger partial charge is 0.321 e. The quantitative estimate of drug-likeness (QED) is 0.648. The fraction of sp³-hybridized carbons (Fsp3) is 0.545. The van der Waals surface area contributed by atoms with Crippen molar-refractivity contribution in [3.8, 4) is 0 Å². The number of aryl methyl sites for hydroxylation is 1. The van der Waals surface area contributed by atoms with Crippen LogP contribution in [0, 0.1) is 0 Å². The van der Waals surface area contributed by atoms with Crippen LogP contribution in [0.3, 0.4) is 0 Å². The highest BCUT2D eigenvalue weighted by molar-refractivity contribution is 5.94. The fourth-order valence-electron chi connectivity index (χ4n) is 1.38. The second kappa shape index (κ2) is 7.22. The number of amides is 3. The van der Waals surface area contributed by atoms with Crippen LogP contribution < -0.4 is 10.6 Å². The molecule has 0 radical (unpaired) electrons.